The molecule has 1 unspecified atom stereocenters. The zero-order valence-corrected chi connectivity index (χ0v) is 8.14. The first kappa shape index (κ1) is 9.05. The molecule has 0 bridgehead atoms. The molecule has 66 valence electrons. The van der Waals surface area contributed by atoms with Crippen LogP contribution in [0, 0.1) is 5.92 Å². The summed E-state index contributed by atoms with van der Waals surface area (Å²) in [4.78, 5) is 2.63. The molecule has 0 radical (unpaired) electrons. The SMILES string of the molecule is CCC(C)CN(CC)C1CC1. The lowest BCUT2D eigenvalue weighted by atomic mass is 10.1. The Kier molecular flexibility index (Phi) is 3.38. The van der Waals surface area contributed by atoms with Gasteiger partial charge in [0.05, 0.1) is 0 Å². The fourth-order valence-corrected chi connectivity index (χ4v) is 1.51. The van der Waals surface area contributed by atoms with E-state index in [1.807, 2.05) is 0 Å². The predicted octanol–water partition coefficient (Wildman–Crippen LogP) is 2.52. The van der Waals surface area contributed by atoms with E-state index in [4.69, 9.17) is 0 Å². The van der Waals surface area contributed by atoms with Crippen LogP contribution in [0.1, 0.15) is 40.0 Å². The monoisotopic (exact) mass is 155 g/mol. The van der Waals surface area contributed by atoms with E-state index in [0.717, 1.165) is 12.0 Å². The molecule has 0 aromatic carbocycles. The molecule has 1 nitrogen and oxygen atoms in total. The molecule has 1 rings (SSSR count). The van der Waals surface area contributed by atoms with Crippen LogP contribution in [0.2, 0.25) is 0 Å². The molecule has 1 fully saturated rings. The molecule has 0 aliphatic heterocycles. The van der Waals surface area contributed by atoms with Crippen LogP contribution in [0.5, 0.6) is 0 Å². The van der Waals surface area contributed by atoms with Crippen LogP contribution in [0.3, 0.4) is 0 Å². The van der Waals surface area contributed by atoms with Crippen LogP contribution in [0.4, 0.5) is 0 Å². The molecular formula is C10H21N. The van der Waals surface area contributed by atoms with E-state index in [1.165, 1.54) is 32.4 Å². The number of hydrogen-bond acceptors (Lipinski definition) is 1. The highest BCUT2D eigenvalue weighted by molar-refractivity contribution is 4.84. The molecule has 0 amide bonds. The van der Waals surface area contributed by atoms with Crippen molar-refractivity contribution in [2.24, 2.45) is 5.92 Å². The fraction of sp³-hybridized carbons (Fsp3) is 1.00. The van der Waals surface area contributed by atoms with Crippen LogP contribution in [-0.4, -0.2) is 24.0 Å². The number of hydrogen-bond donors (Lipinski definition) is 0. The van der Waals surface area contributed by atoms with Crippen LogP contribution >= 0.6 is 0 Å². The molecule has 11 heavy (non-hydrogen) atoms. The van der Waals surface area contributed by atoms with Gasteiger partial charge in [-0.25, -0.2) is 0 Å². The van der Waals surface area contributed by atoms with Gasteiger partial charge in [0, 0.05) is 12.6 Å². The third-order valence-corrected chi connectivity index (χ3v) is 2.71. The predicted molar refractivity (Wildman–Crippen MR) is 49.7 cm³/mol. The summed E-state index contributed by atoms with van der Waals surface area (Å²) in [5, 5.41) is 0. The van der Waals surface area contributed by atoms with Gasteiger partial charge in [-0.05, 0) is 25.3 Å². The lowest BCUT2D eigenvalue weighted by Gasteiger charge is -2.23. The second-order valence-electron chi connectivity index (χ2n) is 3.83. The summed E-state index contributed by atoms with van der Waals surface area (Å²) in [6.45, 7) is 9.48. The maximum atomic E-state index is 2.63. The van der Waals surface area contributed by atoms with Crippen molar-refractivity contribution in [1.82, 2.24) is 4.90 Å². The molecule has 0 saturated heterocycles. The first-order valence-corrected chi connectivity index (χ1v) is 5.02. The Hall–Kier alpha value is -0.0400. The van der Waals surface area contributed by atoms with Crippen molar-refractivity contribution in [3.05, 3.63) is 0 Å². The third kappa shape index (κ3) is 2.82. The van der Waals surface area contributed by atoms with Crippen molar-refractivity contribution in [2.75, 3.05) is 13.1 Å². The van der Waals surface area contributed by atoms with E-state index in [-0.39, 0.29) is 0 Å². The van der Waals surface area contributed by atoms with Gasteiger partial charge in [-0.15, -0.1) is 0 Å². The van der Waals surface area contributed by atoms with Crippen LogP contribution < -0.4 is 0 Å². The Labute approximate surface area is 70.8 Å². The van der Waals surface area contributed by atoms with Crippen LogP contribution in [0.15, 0.2) is 0 Å². The molecule has 1 atom stereocenters. The van der Waals surface area contributed by atoms with Gasteiger partial charge in [-0.3, -0.25) is 0 Å². The van der Waals surface area contributed by atoms with Crippen molar-refractivity contribution in [1.29, 1.82) is 0 Å². The number of rotatable bonds is 5. The van der Waals surface area contributed by atoms with Gasteiger partial charge in [-0.1, -0.05) is 27.2 Å². The average Bonchev–Trinajstić information content (AvgIpc) is 2.82. The molecule has 1 aliphatic rings. The van der Waals surface area contributed by atoms with Gasteiger partial charge in [0.25, 0.3) is 0 Å². The lowest BCUT2D eigenvalue weighted by Crippen LogP contribution is -2.30. The highest BCUT2D eigenvalue weighted by Gasteiger charge is 2.27. The summed E-state index contributed by atoms with van der Waals surface area (Å²) in [5.74, 6) is 0.885. The third-order valence-electron chi connectivity index (χ3n) is 2.71. The summed E-state index contributed by atoms with van der Waals surface area (Å²) < 4.78 is 0. The van der Waals surface area contributed by atoms with Crippen molar-refractivity contribution in [3.63, 3.8) is 0 Å². The molecular weight excluding hydrogens is 134 g/mol. The average molecular weight is 155 g/mol. The molecule has 1 aliphatic carbocycles. The summed E-state index contributed by atoms with van der Waals surface area (Å²) in [6.07, 6.45) is 4.22. The largest absolute Gasteiger partial charge is 0.300 e. The first-order chi connectivity index (χ1) is 5.27. The van der Waals surface area contributed by atoms with Gasteiger partial charge in [0.15, 0.2) is 0 Å². The zero-order valence-electron chi connectivity index (χ0n) is 8.14. The Morgan fingerprint density at radius 3 is 2.36 bits per heavy atom. The van der Waals surface area contributed by atoms with Crippen molar-refractivity contribution < 1.29 is 0 Å². The van der Waals surface area contributed by atoms with Crippen LogP contribution in [0.25, 0.3) is 0 Å². The normalized spacial score (nSPS) is 20.7. The van der Waals surface area contributed by atoms with Gasteiger partial charge in [-0.2, -0.15) is 0 Å². The lowest BCUT2D eigenvalue weighted by molar-refractivity contribution is 0.236. The quantitative estimate of drug-likeness (QED) is 0.589. The van der Waals surface area contributed by atoms with E-state index >= 15 is 0 Å². The highest BCUT2D eigenvalue weighted by atomic mass is 15.2. The van der Waals surface area contributed by atoms with E-state index in [9.17, 15) is 0 Å². The maximum Gasteiger partial charge on any atom is 0.00964 e. The second-order valence-corrected chi connectivity index (χ2v) is 3.83. The second kappa shape index (κ2) is 4.10. The molecule has 0 spiro atoms. The van der Waals surface area contributed by atoms with E-state index in [0.29, 0.717) is 0 Å². The Balaban J connectivity index is 2.19. The van der Waals surface area contributed by atoms with Crippen LogP contribution in [-0.2, 0) is 0 Å². The topological polar surface area (TPSA) is 3.24 Å². The van der Waals surface area contributed by atoms with Gasteiger partial charge < -0.3 is 4.90 Å². The maximum absolute atomic E-state index is 2.63. The Morgan fingerprint density at radius 1 is 1.36 bits per heavy atom. The summed E-state index contributed by atoms with van der Waals surface area (Å²) in [5.41, 5.74) is 0. The zero-order chi connectivity index (χ0) is 8.27. The van der Waals surface area contributed by atoms with E-state index in [1.54, 1.807) is 0 Å². The molecule has 0 heterocycles. The standard InChI is InChI=1S/C10H21N/c1-4-9(3)8-11(5-2)10-6-7-10/h9-10H,4-8H2,1-3H3. The van der Waals surface area contributed by atoms with Gasteiger partial charge >= 0.3 is 0 Å². The minimum atomic E-state index is 0.885. The summed E-state index contributed by atoms with van der Waals surface area (Å²) >= 11 is 0. The highest BCUT2D eigenvalue weighted by Crippen LogP contribution is 2.27. The molecule has 1 heteroatoms. The summed E-state index contributed by atoms with van der Waals surface area (Å²) in [7, 11) is 0. The Bertz CT molecular complexity index is 107. The Morgan fingerprint density at radius 2 is 2.00 bits per heavy atom. The molecule has 0 aromatic rings. The van der Waals surface area contributed by atoms with Gasteiger partial charge in [0.2, 0.25) is 0 Å². The van der Waals surface area contributed by atoms with E-state index in [2.05, 4.69) is 25.7 Å². The molecule has 0 N–H and O–H groups in total. The van der Waals surface area contributed by atoms with E-state index < -0.39 is 0 Å². The smallest absolute Gasteiger partial charge is 0.00964 e. The number of nitrogens with zero attached hydrogens (tertiary/aromatic N) is 1. The summed E-state index contributed by atoms with van der Waals surface area (Å²) in [6, 6.07) is 0.953. The molecule has 1 saturated carbocycles. The van der Waals surface area contributed by atoms with Crippen molar-refractivity contribution in [3.8, 4) is 0 Å². The first-order valence-electron chi connectivity index (χ1n) is 5.02. The minimum absolute atomic E-state index is 0.885. The molecule has 0 aromatic heterocycles. The fourth-order valence-electron chi connectivity index (χ4n) is 1.51. The van der Waals surface area contributed by atoms with Gasteiger partial charge in [0.1, 0.15) is 0 Å². The minimum Gasteiger partial charge on any atom is -0.300 e. The van der Waals surface area contributed by atoms with Crippen molar-refractivity contribution >= 4 is 0 Å². The van der Waals surface area contributed by atoms with Crippen molar-refractivity contribution in [2.45, 2.75) is 46.1 Å².